The van der Waals surface area contributed by atoms with Crippen LogP contribution in [0.5, 0.6) is 0 Å². The van der Waals surface area contributed by atoms with E-state index in [-0.39, 0.29) is 17.6 Å². The van der Waals surface area contributed by atoms with E-state index in [0.717, 1.165) is 51.6 Å². The minimum absolute atomic E-state index is 0.102. The molecular formula is C20H38O3. The molecule has 2 N–H and O–H groups in total. The molecule has 0 bridgehead atoms. The predicted octanol–water partition coefficient (Wildman–Crippen LogP) is 4.30. The van der Waals surface area contributed by atoms with Crippen LogP contribution in [0.3, 0.4) is 0 Å². The number of fused-ring (bicyclic) bond motifs is 1. The lowest BCUT2D eigenvalue weighted by atomic mass is 9.63. The van der Waals surface area contributed by atoms with Crippen molar-refractivity contribution in [3.63, 3.8) is 0 Å². The molecular weight excluding hydrogens is 288 g/mol. The van der Waals surface area contributed by atoms with Gasteiger partial charge in [0.2, 0.25) is 0 Å². The summed E-state index contributed by atoms with van der Waals surface area (Å²) in [5, 5.41) is 20.7. The standard InChI is InChI=1S/C20H38O3/c1-5-20(22,6-2)13-8-14-23-15(3)16-10-11-17-18(21)9-7-12-19(16,17)4/h15-18,21-22H,5-14H2,1-4H3/t15?,16?,17?,18?,19-/m1/s1. The Morgan fingerprint density at radius 2 is 1.91 bits per heavy atom. The molecule has 0 heterocycles. The zero-order valence-corrected chi connectivity index (χ0v) is 15.7. The lowest BCUT2D eigenvalue weighted by molar-refractivity contribution is -0.0679. The van der Waals surface area contributed by atoms with Crippen LogP contribution in [0.25, 0.3) is 0 Å². The average Bonchev–Trinajstić information content (AvgIpc) is 2.89. The highest BCUT2D eigenvalue weighted by Crippen LogP contribution is 2.56. The molecule has 2 aliphatic rings. The van der Waals surface area contributed by atoms with Crippen molar-refractivity contribution in [2.45, 2.75) is 103 Å². The monoisotopic (exact) mass is 326 g/mol. The molecule has 136 valence electrons. The second kappa shape index (κ2) is 7.84. The topological polar surface area (TPSA) is 49.7 Å². The summed E-state index contributed by atoms with van der Waals surface area (Å²) in [6.45, 7) is 9.45. The van der Waals surface area contributed by atoms with Crippen molar-refractivity contribution in [2.24, 2.45) is 17.3 Å². The van der Waals surface area contributed by atoms with Crippen LogP contribution in [0.2, 0.25) is 0 Å². The van der Waals surface area contributed by atoms with Gasteiger partial charge < -0.3 is 14.9 Å². The van der Waals surface area contributed by atoms with Crippen molar-refractivity contribution in [1.82, 2.24) is 0 Å². The van der Waals surface area contributed by atoms with Gasteiger partial charge in [-0.15, -0.1) is 0 Å². The van der Waals surface area contributed by atoms with Gasteiger partial charge in [-0.05, 0) is 75.5 Å². The van der Waals surface area contributed by atoms with Crippen LogP contribution >= 0.6 is 0 Å². The lowest BCUT2D eigenvalue weighted by Crippen LogP contribution is -2.43. The van der Waals surface area contributed by atoms with Gasteiger partial charge in [0.25, 0.3) is 0 Å². The van der Waals surface area contributed by atoms with Crippen LogP contribution in [0, 0.1) is 17.3 Å². The molecule has 0 aliphatic heterocycles. The van der Waals surface area contributed by atoms with Crippen LogP contribution in [0.15, 0.2) is 0 Å². The van der Waals surface area contributed by atoms with Crippen LogP contribution < -0.4 is 0 Å². The number of rotatable bonds is 8. The largest absolute Gasteiger partial charge is 0.393 e. The molecule has 0 aromatic heterocycles. The Labute approximate surface area is 142 Å². The van der Waals surface area contributed by atoms with Crippen LogP contribution in [-0.4, -0.2) is 34.6 Å². The van der Waals surface area contributed by atoms with Crippen molar-refractivity contribution >= 4 is 0 Å². The van der Waals surface area contributed by atoms with Gasteiger partial charge in [-0.25, -0.2) is 0 Å². The van der Waals surface area contributed by atoms with Crippen molar-refractivity contribution in [1.29, 1.82) is 0 Å². The van der Waals surface area contributed by atoms with Crippen molar-refractivity contribution < 1.29 is 14.9 Å². The zero-order chi connectivity index (χ0) is 17.1. The second-order valence-corrected chi connectivity index (χ2v) is 8.37. The summed E-state index contributed by atoms with van der Waals surface area (Å²) in [5.41, 5.74) is -0.255. The maximum atomic E-state index is 10.3. The normalized spacial score (nSPS) is 36.0. The van der Waals surface area contributed by atoms with Crippen LogP contribution in [0.1, 0.15) is 85.5 Å². The number of ether oxygens (including phenoxy) is 1. The number of hydrogen-bond acceptors (Lipinski definition) is 3. The summed E-state index contributed by atoms with van der Waals surface area (Å²) in [6.07, 6.45) is 9.26. The highest BCUT2D eigenvalue weighted by molar-refractivity contribution is 5.02. The first-order valence-electron chi connectivity index (χ1n) is 9.88. The van der Waals surface area contributed by atoms with Gasteiger partial charge in [0, 0.05) is 6.61 Å². The number of aliphatic hydroxyl groups excluding tert-OH is 1. The van der Waals surface area contributed by atoms with E-state index in [4.69, 9.17) is 4.74 Å². The van der Waals surface area contributed by atoms with Gasteiger partial charge in [0.1, 0.15) is 0 Å². The van der Waals surface area contributed by atoms with E-state index in [0.29, 0.717) is 11.8 Å². The summed E-state index contributed by atoms with van der Waals surface area (Å²) in [4.78, 5) is 0. The molecule has 0 aromatic rings. The molecule has 2 fully saturated rings. The zero-order valence-electron chi connectivity index (χ0n) is 15.7. The smallest absolute Gasteiger partial charge is 0.0643 e. The van der Waals surface area contributed by atoms with Gasteiger partial charge in [-0.2, -0.15) is 0 Å². The third-order valence-corrected chi connectivity index (χ3v) is 7.21. The Morgan fingerprint density at radius 3 is 2.57 bits per heavy atom. The van der Waals surface area contributed by atoms with E-state index in [9.17, 15) is 10.2 Å². The number of hydrogen-bond donors (Lipinski definition) is 2. The molecule has 4 unspecified atom stereocenters. The van der Waals surface area contributed by atoms with Crippen LogP contribution in [-0.2, 0) is 4.74 Å². The Balaban J connectivity index is 1.81. The minimum Gasteiger partial charge on any atom is -0.393 e. The third kappa shape index (κ3) is 4.11. The quantitative estimate of drug-likeness (QED) is 0.654. The molecule has 2 rings (SSSR count). The fraction of sp³-hybridized carbons (Fsp3) is 1.00. The molecule has 2 saturated carbocycles. The second-order valence-electron chi connectivity index (χ2n) is 8.37. The van der Waals surface area contributed by atoms with Crippen molar-refractivity contribution in [2.75, 3.05) is 6.61 Å². The highest BCUT2D eigenvalue weighted by Gasteiger charge is 2.52. The molecule has 3 heteroatoms. The lowest BCUT2D eigenvalue weighted by Gasteiger charge is -2.45. The predicted molar refractivity (Wildman–Crippen MR) is 94.4 cm³/mol. The summed E-state index contributed by atoms with van der Waals surface area (Å²) in [6, 6.07) is 0. The van der Waals surface area contributed by atoms with Crippen LogP contribution in [0.4, 0.5) is 0 Å². The number of aliphatic hydroxyl groups is 2. The molecule has 2 aliphatic carbocycles. The van der Waals surface area contributed by atoms with Gasteiger partial charge >= 0.3 is 0 Å². The minimum atomic E-state index is -0.509. The first kappa shape index (κ1) is 19.2. The van der Waals surface area contributed by atoms with E-state index in [1.165, 1.54) is 12.8 Å². The molecule has 23 heavy (non-hydrogen) atoms. The molecule has 0 spiro atoms. The first-order valence-corrected chi connectivity index (χ1v) is 9.88. The molecule has 0 aromatic carbocycles. The highest BCUT2D eigenvalue weighted by atomic mass is 16.5. The Hall–Kier alpha value is -0.120. The van der Waals surface area contributed by atoms with Gasteiger partial charge in [-0.1, -0.05) is 27.2 Å². The maximum absolute atomic E-state index is 10.3. The van der Waals surface area contributed by atoms with E-state index < -0.39 is 5.60 Å². The van der Waals surface area contributed by atoms with E-state index in [1.54, 1.807) is 0 Å². The average molecular weight is 327 g/mol. The summed E-state index contributed by atoms with van der Waals surface area (Å²) < 4.78 is 6.17. The van der Waals surface area contributed by atoms with Crippen molar-refractivity contribution in [3.8, 4) is 0 Å². The Kier molecular flexibility index (Phi) is 6.55. The summed E-state index contributed by atoms with van der Waals surface area (Å²) in [7, 11) is 0. The summed E-state index contributed by atoms with van der Waals surface area (Å²) in [5.74, 6) is 1.04. The Morgan fingerprint density at radius 1 is 1.22 bits per heavy atom. The Bertz CT molecular complexity index is 366. The van der Waals surface area contributed by atoms with E-state index >= 15 is 0 Å². The summed E-state index contributed by atoms with van der Waals surface area (Å²) >= 11 is 0. The molecule has 3 nitrogen and oxygen atoms in total. The van der Waals surface area contributed by atoms with Gasteiger partial charge in [0.15, 0.2) is 0 Å². The first-order chi connectivity index (χ1) is 10.9. The third-order valence-electron chi connectivity index (χ3n) is 7.21. The fourth-order valence-corrected chi connectivity index (χ4v) is 5.35. The maximum Gasteiger partial charge on any atom is 0.0643 e. The van der Waals surface area contributed by atoms with E-state index in [1.807, 2.05) is 0 Å². The molecule has 5 atom stereocenters. The van der Waals surface area contributed by atoms with Gasteiger partial charge in [-0.3, -0.25) is 0 Å². The van der Waals surface area contributed by atoms with Gasteiger partial charge in [0.05, 0.1) is 17.8 Å². The molecule has 0 saturated heterocycles. The molecule has 0 radical (unpaired) electrons. The fourth-order valence-electron chi connectivity index (χ4n) is 5.35. The van der Waals surface area contributed by atoms with E-state index in [2.05, 4.69) is 27.7 Å². The molecule has 0 amide bonds. The SMILES string of the molecule is CCC(O)(CC)CCCOC(C)C1CCC2C(O)CCC[C@@]21C. The van der Waals surface area contributed by atoms with Crippen molar-refractivity contribution in [3.05, 3.63) is 0 Å².